The van der Waals surface area contributed by atoms with E-state index in [0.717, 1.165) is 37.4 Å². The van der Waals surface area contributed by atoms with Crippen molar-refractivity contribution in [3.8, 4) is 22.9 Å². The number of piperidine rings is 1. The maximum Gasteiger partial charge on any atom is 0.270 e. The molecule has 0 amide bonds. The van der Waals surface area contributed by atoms with E-state index >= 15 is 0 Å². The third-order valence-corrected chi connectivity index (χ3v) is 5.17. The van der Waals surface area contributed by atoms with Crippen LogP contribution in [0.5, 0.6) is 11.5 Å². The highest BCUT2D eigenvalue weighted by atomic mass is 16.6. The van der Waals surface area contributed by atoms with Gasteiger partial charge in [0, 0.05) is 30.8 Å². The lowest BCUT2D eigenvalue weighted by molar-refractivity contribution is -0.384. The van der Waals surface area contributed by atoms with E-state index in [1.807, 2.05) is 31.2 Å². The summed E-state index contributed by atoms with van der Waals surface area (Å²) < 4.78 is 13.6. The lowest BCUT2D eigenvalue weighted by Crippen LogP contribution is -2.39. The molecule has 1 saturated heterocycles. The molecule has 1 fully saturated rings. The van der Waals surface area contributed by atoms with E-state index < -0.39 is 4.92 Å². The van der Waals surface area contributed by atoms with E-state index in [1.165, 1.54) is 12.1 Å². The summed E-state index contributed by atoms with van der Waals surface area (Å²) in [6.45, 7) is 4.95. The number of aromatic nitrogens is 3. The van der Waals surface area contributed by atoms with Crippen LogP contribution in [0, 0.1) is 10.1 Å². The fraction of sp³-hybridized carbons (Fsp3) is 0.364. The van der Waals surface area contributed by atoms with Gasteiger partial charge in [0.2, 0.25) is 0 Å². The number of ether oxygens (including phenoxy) is 2. The van der Waals surface area contributed by atoms with Crippen molar-refractivity contribution < 1.29 is 14.4 Å². The van der Waals surface area contributed by atoms with E-state index in [9.17, 15) is 10.1 Å². The van der Waals surface area contributed by atoms with Crippen LogP contribution in [0.4, 0.5) is 5.69 Å². The van der Waals surface area contributed by atoms with E-state index in [1.54, 1.807) is 23.1 Å². The number of nitrogens with zero attached hydrogens (tertiary/aromatic N) is 5. The molecular formula is C22H25N5O4. The molecule has 2 aromatic carbocycles. The fourth-order valence-corrected chi connectivity index (χ4v) is 3.63. The summed E-state index contributed by atoms with van der Waals surface area (Å²) in [4.78, 5) is 17.2. The third-order valence-electron chi connectivity index (χ3n) is 5.17. The van der Waals surface area contributed by atoms with Crippen molar-refractivity contribution in [2.75, 3.05) is 19.7 Å². The Morgan fingerprint density at radius 3 is 2.65 bits per heavy atom. The second-order valence-corrected chi connectivity index (χ2v) is 7.37. The fourth-order valence-electron chi connectivity index (χ4n) is 3.63. The van der Waals surface area contributed by atoms with Gasteiger partial charge in [-0.15, -0.1) is 5.10 Å². The monoisotopic (exact) mass is 423 g/mol. The molecule has 0 unspecified atom stereocenters. The maximum atomic E-state index is 11.0. The minimum Gasteiger partial charge on any atom is -0.490 e. The van der Waals surface area contributed by atoms with Gasteiger partial charge < -0.3 is 9.47 Å². The molecule has 0 spiro atoms. The smallest absolute Gasteiger partial charge is 0.270 e. The minimum atomic E-state index is -0.417. The standard InChI is InChI=1S/C22H25N5O4/c1-2-30-20-8-3-4-9-21(20)31-19-10-12-25(13-11-19)16-26-15-23-22(24-26)17-6-5-7-18(14-17)27(28)29/h3-9,14-15,19H,2,10-13,16H2,1H3. The van der Waals surface area contributed by atoms with Crippen molar-refractivity contribution in [3.05, 3.63) is 65.0 Å². The third kappa shape index (κ3) is 5.18. The first-order valence-corrected chi connectivity index (χ1v) is 10.4. The number of benzene rings is 2. The quantitative estimate of drug-likeness (QED) is 0.402. The van der Waals surface area contributed by atoms with Crippen LogP contribution in [0.3, 0.4) is 0 Å². The van der Waals surface area contributed by atoms with Gasteiger partial charge in [-0.05, 0) is 31.9 Å². The highest BCUT2D eigenvalue weighted by molar-refractivity contribution is 5.58. The van der Waals surface area contributed by atoms with Crippen LogP contribution in [-0.2, 0) is 6.67 Å². The molecule has 4 rings (SSSR count). The van der Waals surface area contributed by atoms with Crippen molar-refractivity contribution in [2.45, 2.75) is 32.5 Å². The van der Waals surface area contributed by atoms with Crippen molar-refractivity contribution in [3.63, 3.8) is 0 Å². The summed E-state index contributed by atoms with van der Waals surface area (Å²) >= 11 is 0. The Kier molecular flexibility index (Phi) is 6.42. The summed E-state index contributed by atoms with van der Waals surface area (Å²) in [5, 5.41) is 15.5. The van der Waals surface area contributed by atoms with E-state index in [4.69, 9.17) is 9.47 Å². The van der Waals surface area contributed by atoms with Gasteiger partial charge >= 0.3 is 0 Å². The largest absolute Gasteiger partial charge is 0.490 e. The van der Waals surface area contributed by atoms with Gasteiger partial charge in [0.15, 0.2) is 17.3 Å². The molecule has 0 N–H and O–H groups in total. The molecule has 31 heavy (non-hydrogen) atoms. The number of para-hydroxylation sites is 2. The zero-order valence-electron chi connectivity index (χ0n) is 17.4. The molecule has 162 valence electrons. The summed E-state index contributed by atoms with van der Waals surface area (Å²) in [5.74, 6) is 2.05. The first kappa shape index (κ1) is 20.8. The predicted octanol–water partition coefficient (Wildman–Crippen LogP) is 3.75. The summed E-state index contributed by atoms with van der Waals surface area (Å²) in [6.07, 6.45) is 3.63. The summed E-state index contributed by atoms with van der Waals surface area (Å²) in [7, 11) is 0. The Hall–Kier alpha value is -3.46. The topological polar surface area (TPSA) is 95.5 Å². The Morgan fingerprint density at radius 1 is 1.13 bits per heavy atom. The molecule has 0 saturated carbocycles. The van der Waals surface area contributed by atoms with Crippen LogP contribution in [0.1, 0.15) is 19.8 Å². The van der Waals surface area contributed by atoms with Crippen molar-refractivity contribution in [1.29, 1.82) is 0 Å². The minimum absolute atomic E-state index is 0.0295. The molecule has 2 heterocycles. The second-order valence-electron chi connectivity index (χ2n) is 7.37. The molecule has 1 aromatic heterocycles. The summed E-state index contributed by atoms with van der Waals surface area (Å²) in [5.41, 5.74) is 0.662. The van der Waals surface area contributed by atoms with Crippen LogP contribution < -0.4 is 9.47 Å². The van der Waals surface area contributed by atoms with E-state index in [0.29, 0.717) is 24.7 Å². The molecule has 0 aliphatic carbocycles. The maximum absolute atomic E-state index is 11.0. The number of hydrogen-bond donors (Lipinski definition) is 0. The first-order chi connectivity index (χ1) is 15.1. The normalized spacial score (nSPS) is 15.0. The molecule has 3 aromatic rings. The van der Waals surface area contributed by atoms with Crippen molar-refractivity contribution in [2.24, 2.45) is 0 Å². The van der Waals surface area contributed by atoms with Gasteiger partial charge in [-0.3, -0.25) is 15.0 Å². The lowest BCUT2D eigenvalue weighted by Gasteiger charge is -2.32. The van der Waals surface area contributed by atoms with Crippen LogP contribution >= 0.6 is 0 Å². The molecule has 9 heteroatoms. The van der Waals surface area contributed by atoms with Gasteiger partial charge in [0.25, 0.3) is 5.69 Å². The molecule has 9 nitrogen and oxygen atoms in total. The predicted molar refractivity (Wildman–Crippen MR) is 115 cm³/mol. The first-order valence-electron chi connectivity index (χ1n) is 10.4. The van der Waals surface area contributed by atoms with Gasteiger partial charge in [-0.25, -0.2) is 9.67 Å². The molecule has 1 aliphatic rings. The zero-order valence-corrected chi connectivity index (χ0v) is 17.4. The number of hydrogen-bond acceptors (Lipinski definition) is 7. The Bertz CT molecular complexity index is 1030. The number of nitro benzene ring substituents is 1. The number of rotatable bonds is 8. The molecule has 1 aliphatic heterocycles. The highest BCUT2D eigenvalue weighted by Gasteiger charge is 2.22. The van der Waals surface area contributed by atoms with E-state index in [-0.39, 0.29) is 11.8 Å². The van der Waals surface area contributed by atoms with Crippen molar-refractivity contribution in [1.82, 2.24) is 19.7 Å². The van der Waals surface area contributed by atoms with Crippen molar-refractivity contribution >= 4 is 5.69 Å². The molecule has 0 atom stereocenters. The Labute approximate surface area is 180 Å². The summed E-state index contributed by atoms with van der Waals surface area (Å²) in [6, 6.07) is 14.1. The zero-order chi connectivity index (χ0) is 21.6. The number of likely N-dealkylation sites (tertiary alicyclic amines) is 1. The van der Waals surface area contributed by atoms with Crippen LogP contribution in [0.25, 0.3) is 11.4 Å². The van der Waals surface area contributed by atoms with Gasteiger partial charge in [-0.1, -0.05) is 24.3 Å². The molecule has 0 radical (unpaired) electrons. The van der Waals surface area contributed by atoms with Crippen LogP contribution in [0.2, 0.25) is 0 Å². The average Bonchev–Trinajstić information content (AvgIpc) is 3.25. The van der Waals surface area contributed by atoms with Gasteiger partial charge in [0.05, 0.1) is 18.2 Å². The SMILES string of the molecule is CCOc1ccccc1OC1CCN(Cn2cnc(-c3cccc([N+](=O)[O-])c3)n2)CC1. The molecule has 0 bridgehead atoms. The lowest BCUT2D eigenvalue weighted by atomic mass is 10.1. The van der Waals surface area contributed by atoms with E-state index in [2.05, 4.69) is 15.0 Å². The average molecular weight is 423 g/mol. The van der Waals surface area contributed by atoms with Gasteiger partial charge in [0.1, 0.15) is 12.4 Å². The second kappa shape index (κ2) is 9.57. The Balaban J connectivity index is 1.32. The van der Waals surface area contributed by atoms with Crippen LogP contribution in [-0.4, -0.2) is 50.4 Å². The Morgan fingerprint density at radius 2 is 1.90 bits per heavy atom. The number of nitro groups is 1. The van der Waals surface area contributed by atoms with Gasteiger partial charge in [-0.2, -0.15) is 0 Å². The highest BCUT2D eigenvalue weighted by Crippen LogP contribution is 2.29. The van der Waals surface area contributed by atoms with Crippen LogP contribution in [0.15, 0.2) is 54.9 Å². The molecular weight excluding hydrogens is 398 g/mol. The number of non-ortho nitro benzene ring substituents is 1.